The van der Waals surface area contributed by atoms with Crippen LogP contribution in [-0.2, 0) is 16.1 Å². The van der Waals surface area contributed by atoms with Crippen molar-refractivity contribution in [2.75, 3.05) is 30.0 Å². The van der Waals surface area contributed by atoms with Gasteiger partial charge in [0.05, 0.1) is 6.61 Å². The molecule has 0 aliphatic carbocycles. The second kappa shape index (κ2) is 8.00. The molecule has 0 saturated carbocycles. The minimum atomic E-state index is -0.310. The zero-order valence-corrected chi connectivity index (χ0v) is 14.3. The van der Waals surface area contributed by atoms with Crippen molar-refractivity contribution in [1.82, 2.24) is 5.32 Å². The Morgan fingerprint density at radius 3 is 2.72 bits per heavy atom. The highest BCUT2D eigenvalue weighted by atomic mass is 35.5. The van der Waals surface area contributed by atoms with Crippen LogP contribution < -0.4 is 15.5 Å². The zero-order valence-electron chi connectivity index (χ0n) is 13.5. The lowest BCUT2D eigenvalue weighted by Crippen LogP contribution is -2.41. The molecule has 0 spiro atoms. The Kier molecular flexibility index (Phi) is 5.53. The molecule has 2 aromatic rings. The van der Waals surface area contributed by atoms with Gasteiger partial charge in [0.1, 0.15) is 6.61 Å². The third kappa shape index (κ3) is 4.71. The quantitative estimate of drug-likeness (QED) is 0.881. The summed E-state index contributed by atoms with van der Waals surface area (Å²) in [5.74, 6) is -0.0637. The number of nitrogens with zero attached hydrogens (tertiary/aromatic N) is 1. The fourth-order valence-electron chi connectivity index (χ4n) is 2.52. The van der Waals surface area contributed by atoms with Crippen molar-refractivity contribution in [2.24, 2.45) is 0 Å². The van der Waals surface area contributed by atoms with Gasteiger partial charge in [-0.05, 0) is 42.0 Å². The average Bonchev–Trinajstić information content (AvgIpc) is 2.61. The molecule has 2 aromatic carbocycles. The molecule has 1 saturated heterocycles. The minimum absolute atomic E-state index is 0.0637. The summed E-state index contributed by atoms with van der Waals surface area (Å²) in [5.41, 5.74) is 2.36. The minimum Gasteiger partial charge on any atom is -0.370 e. The summed E-state index contributed by atoms with van der Waals surface area (Å²) in [6, 6.07) is 14.1. The number of rotatable bonds is 4. The Bertz CT molecular complexity index is 764. The molecule has 2 N–H and O–H groups in total. The Morgan fingerprint density at radius 2 is 2.00 bits per heavy atom. The van der Waals surface area contributed by atoms with Crippen LogP contribution in [0.3, 0.4) is 0 Å². The van der Waals surface area contributed by atoms with Crippen LogP contribution in [0.5, 0.6) is 0 Å². The Morgan fingerprint density at radius 1 is 1.20 bits per heavy atom. The van der Waals surface area contributed by atoms with Gasteiger partial charge in [0, 0.05) is 29.5 Å². The first kappa shape index (κ1) is 17.3. The number of amides is 3. The average molecular weight is 360 g/mol. The molecule has 0 aromatic heterocycles. The second-order valence-corrected chi connectivity index (χ2v) is 6.02. The van der Waals surface area contributed by atoms with Crippen molar-refractivity contribution in [3.63, 3.8) is 0 Å². The van der Waals surface area contributed by atoms with E-state index in [0.29, 0.717) is 30.4 Å². The smallest absolute Gasteiger partial charge is 0.319 e. The standard InChI is InChI=1S/C18H18ClN3O3/c19-14-3-1-2-13(10-14)11-20-18(24)21-15-4-6-16(7-5-15)22-8-9-25-12-17(22)23/h1-7,10H,8-9,11-12H2,(H2,20,21,24). The summed E-state index contributed by atoms with van der Waals surface area (Å²) in [5, 5.41) is 6.16. The van der Waals surface area contributed by atoms with Crippen LogP contribution in [0.4, 0.5) is 16.2 Å². The molecule has 3 amide bonds. The number of nitrogens with one attached hydrogen (secondary N) is 2. The van der Waals surface area contributed by atoms with Crippen LogP contribution in [0.25, 0.3) is 0 Å². The molecular weight excluding hydrogens is 342 g/mol. The number of carbonyl (C=O) groups is 2. The molecule has 0 unspecified atom stereocenters. The van der Waals surface area contributed by atoms with Gasteiger partial charge in [-0.25, -0.2) is 4.79 Å². The first-order valence-corrected chi connectivity index (χ1v) is 8.27. The predicted molar refractivity (Wildman–Crippen MR) is 96.9 cm³/mol. The predicted octanol–water partition coefficient (Wildman–Crippen LogP) is 3.02. The number of hydrogen-bond acceptors (Lipinski definition) is 3. The molecule has 130 valence electrons. The van der Waals surface area contributed by atoms with Crippen LogP contribution in [0.15, 0.2) is 48.5 Å². The van der Waals surface area contributed by atoms with E-state index < -0.39 is 0 Å². The fraction of sp³-hybridized carbons (Fsp3) is 0.222. The topological polar surface area (TPSA) is 70.7 Å². The van der Waals surface area contributed by atoms with Gasteiger partial charge < -0.3 is 20.3 Å². The summed E-state index contributed by atoms with van der Waals surface area (Å²) in [4.78, 5) is 25.5. The van der Waals surface area contributed by atoms with Gasteiger partial charge in [-0.2, -0.15) is 0 Å². The highest BCUT2D eigenvalue weighted by Gasteiger charge is 2.19. The van der Waals surface area contributed by atoms with Gasteiger partial charge in [0.15, 0.2) is 0 Å². The fourth-order valence-corrected chi connectivity index (χ4v) is 2.73. The lowest BCUT2D eigenvalue weighted by Gasteiger charge is -2.26. The number of urea groups is 1. The van der Waals surface area contributed by atoms with Crippen LogP contribution in [0, 0.1) is 0 Å². The van der Waals surface area contributed by atoms with Crippen molar-refractivity contribution >= 4 is 34.9 Å². The molecule has 6 nitrogen and oxygen atoms in total. The van der Waals surface area contributed by atoms with E-state index in [1.165, 1.54) is 0 Å². The van der Waals surface area contributed by atoms with Crippen LogP contribution in [0.2, 0.25) is 5.02 Å². The third-order valence-corrected chi connectivity index (χ3v) is 4.00. The number of morpholine rings is 1. The third-order valence-electron chi connectivity index (χ3n) is 3.76. The van der Waals surface area contributed by atoms with Gasteiger partial charge in [-0.1, -0.05) is 23.7 Å². The molecule has 0 radical (unpaired) electrons. The Labute approximate surface area is 150 Å². The number of ether oxygens (including phenoxy) is 1. The van der Waals surface area contributed by atoms with Gasteiger partial charge in [-0.3, -0.25) is 4.79 Å². The highest BCUT2D eigenvalue weighted by Crippen LogP contribution is 2.19. The van der Waals surface area contributed by atoms with E-state index >= 15 is 0 Å². The summed E-state index contributed by atoms with van der Waals surface area (Å²) < 4.78 is 5.12. The normalized spacial score (nSPS) is 14.3. The largest absolute Gasteiger partial charge is 0.370 e. The number of anilines is 2. The SMILES string of the molecule is O=C(NCc1cccc(Cl)c1)Nc1ccc(N2CCOCC2=O)cc1. The molecule has 3 rings (SSSR count). The van der Waals surface area contributed by atoms with E-state index in [2.05, 4.69) is 10.6 Å². The van der Waals surface area contributed by atoms with Crippen LogP contribution in [-0.4, -0.2) is 31.7 Å². The maximum Gasteiger partial charge on any atom is 0.319 e. The number of halogens is 1. The van der Waals surface area contributed by atoms with Crippen molar-refractivity contribution in [3.05, 3.63) is 59.1 Å². The van der Waals surface area contributed by atoms with Gasteiger partial charge in [0.2, 0.25) is 0 Å². The van der Waals surface area contributed by atoms with Crippen molar-refractivity contribution in [2.45, 2.75) is 6.54 Å². The summed E-state index contributed by atoms with van der Waals surface area (Å²) in [6.45, 7) is 1.54. The highest BCUT2D eigenvalue weighted by molar-refractivity contribution is 6.30. The van der Waals surface area contributed by atoms with Crippen LogP contribution in [0.1, 0.15) is 5.56 Å². The van der Waals surface area contributed by atoms with E-state index in [-0.39, 0.29) is 18.5 Å². The molecular formula is C18H18ClN3O3. The first-order chi connectivity index (χ1) is 12.1. The summed E-state index contributed by atoms with van der Waals surface area (Å²) in [7, 11) is 0. The van der Waals surface area contributed by atoms with E-state index in [9.17, 15) is 9.59 Å². The van der Waals surface area contributed by atoms with Gasteiger partial charge in [-0.15, -0.1) is 0 Å². The Balaban J connectivity index is 1.54. The summed E-state index contributed by atoms with van der Waals surface area (Å²) >= 11 is 5.91. The maximum absolute atomic E-state index is 12.0. The lowest BCUT2D eigenvalue weighted by atomic mass is 10.2. The molecule has 0 bridgehead atoms. The maximum atomic E-state index is 12.0. The molecule has 0 atom stereocenters. The van der Waals surface area contributed by atoms with Gasteiger partial charge >= 0.3 is 6.03 Å². The van der Waals surface area contributed by atoms with Crippen LogP contribution >= 0.6 is 11.6 Å². The molecule has 25 heavy (non-hydrogen) atoms. The van der Waals surface area contributed by atoms with Crippen molar-refractivity contribution < 1.29 is 14.3 Å². The Hall–Kier alpha value is -2.57. The second-order valence-electron chi connectivity index (χ2n) is 5.58. The number of carbonyl (C=O) groups excluding carboxylic acids is 2. The molecule has 7 heteroatoms. The summed E-state index contributed by atoms with van der Waals surface area (Å²) in [6.07, 6.45) is 0. The van der Waals surface area contributed by atoms with E-state index in [1.54, 1.807) is 41.3 Å². The molecule has 1 heterocycles. The van der Waals surface area contributed by atoms with Crippen molar-refractivity contribution in [1.29, 1.82) is 0 Å². The molecule has 1 aliphatic rings. The van der Waals surface area contributed by atoms with E-state index in [1.807, 2.05) is 12.1 Å². The van der Waals surface area contributed by atoms with E-state index in [0.717, 1.165) is 11.3 Å². The molecule has 1 aliphatic heterocycles. The first-order valence-electron chi connectivity index (χ1n) is 7.89. The van der Waals surface area contributed by atoms with Crippen molar-refractivity contribution in [3.8, 4) is 0 Å². The number of hydrogen-bond donors (Lipinski definition) is 2. The zero-order chi connectivity index (χ0) is 17.6. The number of benzene rings is 2. The monoisotopic (exact) mass is 359 g/mol. The van der Waals surface area contributed by atoms with Gasteiger partial charge in [0.25, 0.3) is 5.91 Å². The molecule has 1 fully saturated rings. The van der Waals surface area contributed by atoms with E-state index in [4.69, 9.17) is 16.3 Å². The lowest BCUT2D eigenvalue weighted by molar-refractivity contribution is -0.125.